The molecule has 2 aromatic heterocycles. The van der Waals surface area contributed by atoms with E-state index in [0.717, 1.165) is 25.1 Å². The lowest BCUT2D eigenvalue weighted by molar-refractivity contribution is 0.344. The van der Waals surface area contributed by atoms with Gasteiger partial charge in [0.15, 0.2) is 0 Å². The van der Waals surface area contributed by atoms with E-state index in [2.05, 4.69) is 30.4 Å². The van der Waals surface area contributed by atoms with Crippen LogP contribution in [0.1, 0.15) is 24.8 Å². The summed E-state index contributed by atoms with van der Waals surface area (Å²) in [5.74, 6) is 1.66. The second kappa shape index (κ2) is 6.44. The van der Waals surface area contributed by atoms with Gasteiger partial charge in [-0.3, -0.25) is 0 Å². The Labute approximate surface area is 144 Å². The SMILES string of the molecule is CN(c1ccccc1)c1nc(N)nc(-c2noc(C3CCCN3)n2)n1. The van der Waals surface area contributed by atoms with E-state index in [1.807, 2.05) is 42.3 Å². The van der Waals surface area contributed by atoms with Crippen molar-refractivity contribution in [2.75, 3.05) is 24.2 Å². The highest BCUT2D eigenvalue weighted by molar-refractivity contribution is 5.58. The zero-order valence-corrected chi connectivity index (χ0v) is 13.8. The third-order valence-corrected chi connectivity index (χ3v) is 4.08. The lowest BCUT2D eigenvalue weighted by atomic mass is 10.2. The van der Waals surface area contributed by atoms with E-state index >= 15 is 0 Å². The number of rotatable bonds is 4. The first kappa shape index (κ1) is 15.5. The first-order chi connectivity index (χ1) is 12.2. The van der Waals surface area contributed by atoms with Crippen molar-refractivity contribution in [3.05, 3.63) is 36.2 Å². The van der Waals surface area contributed by atoms with Crippen LogP contribution in [0.2, 0.25) is 0 Å². The maximum Gasteiger partial charge on any atom is 0.244 e. The van der Waals surface area contributed by atoms with Crippen LogP contribution in [0.25, 0.3) is 11.6 Å². The Morgan fingerprint density at radius 3 is 2.72 bits per heavy atom. The molecular formula is C16H18N8O. The predicted molar refractivity (Wildman–Crippen MR) is 92.0 cm³/mol. The molecular weight excluding hydrogens is 320 g/mol. The molecule has 0 amide bonds. The first-order valence-corrected chi connectivity index (χ1v) is 8.08. The zero-order chi connectivity index (χ0) is 17.2. The fourth-order valence-corrected chi connectivity index (χ4v) is 2.76. The maximum absolute atomic E-state index is 5.85. The molecule has 1 aliphatic rings. The Hall–Kier alpha value is -3.07. The first-order valence-electron chi connectivity index (χ1n) is 8.08. The summed E-state index contributed by atoms with van der Waals surface area (Å²) in [5.41, 5.74) is 6.79. The van der Waals surface area contributed by atoms with Crippen molar-refractivity contribution >= 4 is 17.6 Å². The van der Waals surface area contributed by atoms with Crippen LogP contribution in [0.3, 0.4) is 0 Å². The van der Waals surface area contributed by atoms with Gasteiger partial charge >= 0.3 is 0 Å². The second-order valence-electron chi connectivity index (χ2n) is 5.82. The van der Waals surface area contributed by atoms with Gasteiger partial charge in [0.25, 0.3) is 0 Å². The second-order valence-corrected chi connectivity index (χ2v) is 5.82. The fraction of sp³-hybridized carbons (Fsp3) is 0.312. The summed E-state index contributed by atoms with van der Waals surface area (Å²) in [6.07, 6.45) is 2.07. The van der Waals surface area contributed by atoms with Gasteiger partial charge in [-0.15, -0.1) is 0 Å². The molecule has 0 bridgehead atoms. The summed E-state index contributed by atoms with van der Waals surface area (Å²) in [6, 6.07) is 9.83. The molecule has 3 heterocycles. The van der Waals surface area contributed by atoms with Crippen molar-refractivity contribution in [1.82, 2.24) is 30.4 Å². The third kappa shape index (κ3) is 3.13. The van der Waals surface area contributed by atoms with Gasteiger partial charge in [0.05, 0.1) is 6.04 Å². The number of nitrogens with one attached hydrogen (secondary N) is 1. The van der Waals surface area contributed by atoms with Gasteiger partial charge in [0.2, 0.25) is 29.4 Å². The largest absolute Gasteiger partial charge is 0.368 e. The Morgan fingerprint density at radius 2 is 1.96 bits per heavy atom. The Kier molecular flexibility index (Phi) is 3.98. The number of para-hydroxylation sites is 1. The normalized spacial score (nSPS) is 16.9. The minimum Gasteiger partial charge on any atom is -0.368 e. The van der Waals surface area contributed by atoms with E-state index in [9.17, 15) is 0 Å². The molecule has 128 valence electrons. The highest BCUT2D eigenvalue weighted by Gasteiger charge is 2.24. The summed E-state index contributed by atoms with van der Waals surface area (Å²) in [5, 5.41) is 7.31. The summed E-state index contributed by atoms with van der Waals surface area (Å²) in [6.45, 7) is 0.951. The maximum atomic E-state index is 5.85. The summed E-state index contributed by atoms with van der Waals surface area (Å²) >= 11 is 0. The van der Waals surface area contributed by atoms with Gasteiger partial charge in [-0.05, 0) is 31.5 Å². The van der Waals surface area contributed by atoms with Gasteiger partial charge in [-0.25, -0.2) is 0 Å². The number of aromatic nitrogens is 5. The van der Waals surface area contributed by atoms with Crippen LogP contribution in [-0.4, -0.2) is 38.7 Å². The highest BCUT2D eigenvalue weighted by atomic mass is 16.5. The Bertz CT molecular complexity index is 860. The van der Waals surface area contributed by atoms with Crippen LogP contribution in [-0.2, 0) is 0 Å². The number of nitrogen functional groups attached to an aromatic ring is 1. The van der Waals surface area contributed by atoms with Crippen molar-refractivity contribution in [2.45, 2.75) is 18.9 Å². The summed E-state index contributed by atoms with van der Waals surface area (Å²) in [4.78, 5) is 19.0. The average molecular weight is 338 g/mol. The summed E-state index contributed by atoms with van der Waals surface area (Å²) in [7, 11) is 1.86. The van der Waals surface area contributed by atoms with Gasteiger partial charge in [0, 0.05) is 12.7 Å². The molecule has 1 atom stereocenters. The lowest BCUT2D eigenvalue weighted by Gasteiger charge is -2.17. The smallest absolute Gasteiger partial charge is 0.244 e. The number of nitrogens with two attached hydrogens (primary N) is 1. The lowest BCUT2D eigenvalue weighted by Crippen LogP contribution is -2.15. The Morgan fingerprint density at radius 1 is 1.12 bits per heavy atom. The standard InChI is InChI=1S/C16H18N8O/c1-24(10-6-3-2-4-7-10)16-21-12(20-15(17)22-16)13-19-14(25-23-13)11-8-5-9-18-11/h2-4,6-7,11,18H,5,8-9H2,1H3,(H2,17,20,21,22). The average Bonchev–Trinajstić information content (AvgIpc) is 3.32. The van der Waals surface area contributed by atoms with Crippen LogP contribution in [0.4, 0.5) is 17.6 Å². The molecule has 9 heteroatoms. The number of anilines is 3. The van der Waals surface area contributed by atoms with Crippen molar-refractivity contribution in [2.24, 2.45) is 0 Å². The van der Waals surface area contributed by atoms with Gasteiger partial charge in [-0.2, -0.15) is 19.9 Å². The fourth-order valence-electron chi connectivity index (χ4n) is 2.76. The minimum atomic E-state index is 0.0897. The molecule has 0 radical (unpaired) electrons. The predicted octanol–water partition coefficient (Wildman–Crippen LogP) is 1.70. The molecule has 1 unspecified atom stereocenters. The van der Waals surface area contributed by atoms with Crippen LogP contribution >= 0.6 is 0 Å². The highest BCUT2D eigenvalue weighted by Crippen LogP contribution is 2.25. The van der Waals surface area contributed by atoms with E-state index in [4.69, 9.17) is 10.3 Å². The number of nitrogens with zero attached hydrogens (tertiary/aromatic N) is 6. The number of hydrogen-bond donors (Lipinski definition) is 2. The van der Waals surface area contributed by atoms with E-state index in [1.54, 1.807) is 0 Å². The van der Waals surface area contributed by atoms with Gasteiger partial charge < -0.3 is 20.5 Å². The topological polar surface area (TPSA) is 119 Å². The molecule has 0 spiro atoms. The van der Waals surface area contributed by atoms with E-state index in [1.165, 1.54) is 0 Å². The number of benzene rings is 1. The van der Waals surface area contributed by atoms with Crippen molar-refractivity contribution in [3.8, 4) is 11.6 Å². The molecule has 9 nitrogen and oxygen atoms in total. The minimum absolute atomic E-state index is 0.0897. The molecule has 3 N–H and O–H groups in total. The molecule has 0 aliphatic carbocycles. The van der Waals surface area contributed by atoms with Crippen LogP contribution in [0.5, 0.6) is 0 Å². The van der Waals surface area contributed by atoms with Crippen LogP contribution in [0, 0.1) is 0 Å². The van der Waals surface area contributed by atoms with Crippen molar-refractivity contribution in [1.29, 1.82) is 0 Å². The van der Waals surface area contributed by atoms with Gasteiger partial charge in [-0.1, -0.05) is 23.4 Å². The molecule has 1 fully saturated rings. The van der Waals surface area contributed by atoms with E-state index in [-0.39, 0.29) is 12.0 Å². The third-order valence-electron chi connectivity index (χ3n) is 4.08. The van der Waals surface area contributed by atoms with Crippen LogP contribution < -0.4 is 16.0 Å². The molecule has 1 saturated heterocycles. The summed E-state index contributed by atoms with van der Waals surface area (Å²) < 4.78 is 5.35. The molecule has 1 aliphatic heterocycles. The van der Waals surface area contributed by atoms with Crippen LogP contribution in [0.15, 0.2) is 34.9 Å². The Balaban J connectivity index is 1.65. The van der Waals surface area contributed by atoms with Crippen molar-refractivity contribution in [3.63, 3.8) is 0 Å². The quantitative estimate of drug-likeness (QED) is 0.732. The molecule has 3 aromatic rings. The van der Waals surface area contributed by atoms with Crippen molar-refractivity contribution < 1.29 is 4.52 Å². The van der Waals surface area contributed by atoms with E-state index < -0.39 is 0 Å². The molecule has 0 saturated carbocycles. The molecule has 25 heavy (non-hydrogen) atoms. The monoisotopic (exact) mass is 338 g/mol. The molecule has 4 rings (SSSR count). The van der Waals surface area contributed by atoms with E-state index in [0.29, 0.717) is 23.5 Å². The molecule has 1 aromatic carbocycles. The zero-order valence-electron chi connectivity index (χ0n) is 13.8. The number of hydrogen-bond acceptors (Lipinski definition) is 9. The van der Waals surface area contributed by atoms with Gasteiger partial charge in [0.1, 0.15) is 0 Å².